The fraction of sp³-hybridized carbons (Fsp3) is 0.231. The standard InChI is InChI=1S/C26H23F5N2O/c27-21-7-4-18(5-8-21)19-6-9-24-23(13-19)20(15-33-24)10-11-32-14-17-2-1-3-22(12-17)34-16-26(30,31)25(28)29/h1-9,12-13,15,25,32-33H,10-11,14,16H2. The van der Waals surface area contributed by atoms with Gasteiger partial charge in [0.2, 0.25) is 0 Å². The Morgan fingerprint density at radius 3 is 2.47 bits per heavy atom. The van der Waals surface area contributed by atoms with Gasteiger partial charge in [0.15, 0.2) is 6.61 Å². The van der Waals surface area contributed by atoms with Crippen LogP contribution in [-0.4, -0.2) is 30.5 Å². The molecule has 0 saturated carbocycles. The van der Waals surface area contributed by atoms with Crippen molar-refractivity contribution in [3.05, 3.63) is 89.9 Å². The van der Waals surface area contributed by atoms with E-state index in [9.17, 15) is 22.0 Å². The Morgan fingerprint density at radius 2 is 1.71 bits per heavy atom. The van der Waals surface area contributed by atoms with Gasteiger partial charge in [0.05, 0.1) is 0 Å². The van der Waals surface area contributed by atoms with Crippen molar-refractivity contribution in [1.29, 1.82) is 0 Å². The van der Waals surface area contributed by atoms with Crippen LogP contribution in [0.1, 0.15) is 11.1 Å². The lowest BCUT2D eigenvalue weighted by Gasteiger charge is -2.16. The lowest BCUT2D eigenvalue weighted by Crippen LogP contribution is -2.33. The van der Waals surface area contributed by atoms with E-state index >= 15 is 0 Å². The number of aromatic amines is 1. The quantitative estimate of drug-likeness (QED) is 0.201. The maximum atomic E-state index is 13.2. The number of H-pyrrole nitrogens is 1. The molecule has 0 radical (unpaired) electrons. The smallest absolute Gasteiger partial charge is 0.340 e. The van der Waals surface area contributed by atoms with Crippen molar-refractivity contribution in [2.24, 2.45) is 0 Å². The monoisotopic (exact) mass is 474 g/mol. The first kappa shape index (κ1) is 23.8. The zero-order chi connectivity index (χ0) is 24.1. The Kier molecular flexibility index (Phi) is 7.17. The second-order valence-corrected chi connectivity index (χ2v) is 8.01. The van der Waals surface area contributed by atoms with Gasteiger partial charge in [-0.15, -0.1) is 0 Å². The predicted octanol–water partition coefficient (Wildman–Crippen LogP) is 6.59. The number of aromatic nitrogens is 1. The topological polar surface area (TPSA) is 37.0 Å². The molecule has 0 unspecified atom stereocenters. The van der Waals surface area contributed by atoms with Crippen molar-refractivity contribution in [2.75, 3.05) is 13.2 Å². The number of alkyl halides is 4. The van der Waals surface area contributed by atoms with Crippen molar-refractivity contribution in [2.45, 2.75) is 25.3 Å². The van der Waals surface area contributed by atoms with Crippen LogP contribution in [0.4, 0.5) is 22.0 Å². The van der Waals surface area contributed by atoms with Crippen LogP contribution in [0.25, 0.3) is 22.0 Å². The number of hydrogen-bond donors (Lipinski definition) is 2. The highest BCUT2D eigenvalue weighted by Gasteiger charge is 2.41. The third-order valence-electron chi connectivity index (χ3n) is 5.49. The molecular formula is C26H23F5N2O. The van der Waals surface area contributed by atoms with Crippen LogP contribution >= 0.6 is 0 Å². The number of nitrogens with one attached hydrogen (secondary N) is 2. The van der Waals surface area contributed by atoms with Gasteiger partial charge in [-0.2, -0.15) is 8.78 Å². The Labute approximate surface area is 193 Å². The highest BCUT2D eigenvalue weighted by molar-refractivity contribution is 5.88. The molecule has 8 heteroatoms. The van der Waals surface area contributed by atoms with Crippen molar-refractivity contribution in [1.82, 2.24) is 10.3 Å². The third-order valence-corrected chi connectivity index (χ3v) is 5.49. The van der Waals surface area contributed by atoms with E-state index < -0.39 is 19.0 Å². The molecule has 0 aliphatic rings. The van der Waals surface area contributed by atoms with Crippen molar-refractivity contribution >= 4 is 10.9 Å². The Balaban J connectivity index is 1.34. The first-order chi connectivity index (χ1) is 16.3. The molecule has 2 N–H and O–H groups in total. The molecule has 0 fully saturated rings. The first-order valence-electron chi connectivity index (χ1n) is 10.8. The van der Waals surface area contributed by atoms with Gasteiger partial charge in [0.1, 0.15) is 11.6 Å². The molecule has 3 nitrogen and oxygen atoms in total. The molecule has 178 valence electrons. The van der Waals surface area contributed by atoms with Crippen LogP contribution in [0.2, 0.25) is 0 Å². The summed E-state index contributed by atoms with van der Waals surface area (Å²) < 4.78 is 68.8. The number of rotatable bonds is 10. The van der Waals surface area contributed by atoms with E-state index in [0.717, 1.165) is 39.6 Å². The van der Waals surface area contributed by atoms with Gasteiger partial charge in [-0.05, 0) is 71.6 Å². The molecule has 0 atom stereocenters. The van der Waals surface area contributed by atoms with Crippen LogP contribution in [0, 0.1) is 5.82 Å². The highest BCUT2D eigenvalue weighted by Crippen LogP contribution is 2.27. The van der Waals surface area contributed by atoms with Gasteiger partial charge in [-0.1, -0.05) is 30.3 Å². The molecule has 0 amide bonds. The van der Waals surface area contributed by atoms with Gasteiger partial charge < -0.3 is 15.0 Å². The molecule has 1 heterocycles. The summed E-state index contributed by atoms with van der Waals surface area (Å²) in [5.74, 6) is -4.35. The molecule has 34 heavy (non-hydrogen) atoms. The molecule has 4 aromatic rings. The fourth-order valence-electron chi connectivity index (χ4n) is 3.65. The molecule has 0 aliphatic heterocycles. The van der Waals surface area contributed by atoms with Crippen LogP contribution in [0.15, 0.2) is 72.9 Å². The Morgan fingerprint density at radius 1 is 0.941 bits per heavy atom. The van der Waals surface area contributed by atoms with Gasteiger partial charge >= 0.3 is 12.3 Å². The highest BCUT2D eigenvalue weighted by atomic mass is 19.3. The lowest BCUT2D eigenvalue weighted by molar-refractivity contribution is -0.148. The van der Waals surface area contributed by atoms with E-state index in [-0.39, 0.29) is 11.6 Å². The summed E-state index contributed by atoms with van der Waals surface area (Å²) in [7, 11) is 0. The lowest BCUT2D eigenvalue weighted by atomic mass is 10.0. The average molecular weight is 474 g/mol. The first-order valence-corrected chi connectivity index (χ1v) is 10.8. The molecule has 4 rings (SSSR count). The molecular weight excluding hydrogens is 451 g/mol. The van der Waals surface area contributed by atoms with E-state index in [2.05, 4.69) is 16.4 Å². The zero-order valence-corrected chi connectivity index (χ0v) is 18.1. The Bertz CT molecular complexity index is 1240. The minimum atomic E-state index is -4.19. The number of ether oxygens (including phenoxy) is 1. The average Bonchev–Trinajstić information content (AvgIpc) is 3.23. The van der Waals surface area contributed by atoms with Crippen molar-refractivity contribution in [3.8, 4) is 16.9 Å². The van der Waals surface area contributed by atoms with E-state index in [1.807, 2.05) is 18.3 Å². The summed E-state index contributed by atoms with van der Waals surface area (Å²) in [5.41, 5.74) is 4.84. The van der Waals surface area contributed by atoms with Crippen molar-refractivity contribution < 1.29 is 26.7 Å². The summed E-state index contributed by atoms with van der Waals surface area (Å²) in [6.45, 7) is -0.254. The molecule has 0 bridgehead atoms. The predicted molar refractivity (Wildman–Crippen MR) is 122 cm³/mol. The minimum Gasteiger partial charge on any atom is -0.487 e. The van der Waals surface area contributed by atoms with Gasteiger partial charge in [0.25, 0.3) is 0 Å². The minimum absolute atomic E-state index is 0.115. The summed E-state index contributed by atoms with van der Waals surface area (Å²) in [6, 6.07) is 18.9. The summed E-state index contributed by atoms with van der Waals surface area (Å²) in [4.78, 5) is 3.26. The Hall–Kier alpha value is -3.39. The number of hydrogen-bond acceptors (Lipinski definition) is 2. The second kappa shape index (κ2) is 10.3. The van der Waals surface area contributed by atoms with Crippen LogP contribution in [0.5, 0.6) is 5.75 Å². The van der Waals surface area contributed by atoms with E-state index in [1.165, 1.54) is 18.2 Å². The summed E-state index contributed by atoms with van der Waals surface area (Å²) in [5, 5.41) is 4.38. The maximum Gasteiger partial charge on any atom is 0.340 e. The van der Waals surface area contributed by atoms with E-state index in [4.69, 9.17) is 4.74 Å². The number of benzene rings is 3. The molecule has 0 saturated heterocycles. The van der Waals surface area contributed by atoms with E-state index in [0.29, 0.717) is 13.1 Å². The van der Waals surface area contributed by atoms with Gasteiger partial charge in [-0.3, -0.25) is 0 Å². The molecule has 1 aromatic heterocycles. The molecule has 3 aromatic carbocycles. The molecule has 0 aliphatic carbocycles. The van der Waals surface area contributed by atoms with Crippen LogP contribution in [0.3, 0.4) is 0 Å². The zero-order valence-electron chi connectivity index (χ0n) is 18.1. The number of halogens is 5. The largest absolute Gasteiger partial charge is 0.487 e. The van der Waals surface area contributed by atoms with Crippen molar-refractivity contribution in [3.63, 3.8) is 0 Å². The number of fused-ring (bicyclic) bond motifs is 1. The second-order valence-electron chi connectivity index (χ2n) is 8.01. The summed E-state index contributed by atoms with van der Waals surface area (Å²) >= 11 is 0. The molecule has 0 spiro atoms. The van der Waals surface area contributed by atoms with Gasteiger partial charge in [-0.25, -0.2) is 13.2 Å². The summed E-state index contributed by atoms with van der Waals surface area (Å²) in [6.07, 6.45) is -1.07. The SMILES string of the molecule is Fc1ccc(-c2ccc3[nH]cc(CCNCc4cccc(OCC(F)(F)C(F)F)c4)c3c2)cc1. The third kappa shape index (κ3) is 5.75. The van der Waals surface area contributed by atoms with Crippen LogP contribution < -0.4 is 10.1 Å². The fourth-order valence-corrected chi connectivity index (χ4v) is 3.65. The van der Waals surface area contributed by atoms with E-state index in [1.54, 1.807) is 30.3 Å². The normalized spacial score (nSPS) is 11.9. The van der Waals surface area contributed by atoms with Gasteiger partial charge in [0, 0.05) is 23.6 Å². The maximum absolute atomic E-state index is 13.2. The van der Waals surface area contributed by atoms with Crippen LogP contribution in [-0.2, 0) is 13.0 Å².